The summed E-state index contributed by atoms with van der Waals surface area (Å²) >= 11 is 0. The zero-order valence-corrected chi connectivity index (χ0v) is 29.6. The summed E-state index contributed by atoms with van der Waals surface area (Å²) in [4.78, 5) is 0. The lowest BCUT2D eigenvalue weighted by Crippen LogP contribution is -1.49. The molecule has 0 amide bonds. The van der Waals surface area contributed by atoms with Crippen LogP contribution in [0.25, 0.3) is 0 Å². The highest BCUT2D eigenvalue weighted by atomic mass is 33.3. The first-order chi connectivity index (χ1) is 8.59. The minimum Gasteiger partial charge on any atom is -0.102 e. The second kappa shape index (κ2) is 15.1. The lowest BCUT2D eigenvalue weighted by atomic mass is 28.6. The van der Waals surface area contributed by atoms with Crippen LogP contribution in [-0.4, -0.2) is 0 Å². The predicted molar refractivity (Wildman–Crippen MR) is 161 cm³/mol. The lowest BCUT2D eigenvalue weighted by Gasteiger charge is -2.39. The van der Waals surface area contributed by atoms with Crippen LogP contribution in [0.1, 0.15) is 0 Å². The summed E-state index contributed by atoms with van der Waals surface area (Å²) in [7, 11) is 32.4. The Kier molecular flexibility index (Phi) is 21.5. The van der Waals surface area contributed by atoms with E-state index in [-0.39, 0.29) is 55.9 Å². The molecule has 0 saturated heterocycles. The van der Waals surface area contributed by atoms with E-state index < -0.39 is 0 Å². The fourth-order valence-electron chi connectivity index (χ4n) is 0.801. The van der Waals surface area contributed by atoms with Gasteiger partial charge in [-0.15, -0.1) is 89.3 Å². The molecule has 0 aromatic carbocycles. The Morgan fingerprint density at radius 3 is 0.947 bits per heavy atom. The number of rotatable bonds is 8. The van der Waals surface area contributed by atoms with Crippen LogP contribution < -0.4 is 0 Å². The van der Waals surface area contributed by atoms with E-state index in [1.807, 2.05) is 0 Å². The highest BCUT2D eigenvalue weighted by Gasteiger charge is 2.34. The molecule has 0 aliphatic heterocycles. The second-order valence-corrected chi connectivity index (χ2v) is 76.9. The molecule has 0 spiro atoms. The molecule has 12 atom stereocenters. The largest absolute Gasteiger partial charge is 0.102 e. The summed E-state index contributed by atoms with van der Waals surface area (Å²) in [5, 5.41) is 0. The minimum absolute atomic E-state index is 0.0638. The molecule has 0 aromatic heterocycles. The molecule has 19 heteroatoms. The molecule has 0 saturated carbocycles. The maximum absolute atomic E-state index is 3.15. The van der Waals surface area contributed by atoms with Crippen LogP contribution in [0, 0.1) is 0 Å². The molecule has 0 aliphatic carbocycles. The zero-order chi connectivity index (χ0) is 15.3. The third-order valence-electron chi connectivity index (χ3n) is 1.42. The smallest absolute Gasteiger partial charge is 0.00569 e. The van der Waals surface area contributed by atoms with Gasteiger partial charge in [-0.25, -0.2) is 0 Å². The molecule has 0 radical (unpaired) electrons. The fourth-order valence-corrected chi connectivity index (χ4v) is 195. The summed E-state index contributed by atoms with van der Waals surface area (Å²) in [5.41, 5.74) is 0. The third kappa shape index (κ3) is 11.7. The van der Waals surface area contributed by atoms with Crippen molar-refractivity contribution in [3.05, 3.63) is 0 Å². The normalized spacial score (nSPS) is 15.6. The molecule has 0 nitrogen and oxygen atoms in total. The predicted octanol–water partition coefficient (Wildman–Crippen LogP) is 10.7. The van der Waals surface area contributed by atoms with Gasteiger partial charge in [-0.2, -0.15) is 0 Å². The van der Waals surface area contributed by atoms with Gasteiger partial charge in [-0.1, -0.05) is 0 Å². The molecule has 0 aromatic rings. The van der Waals surface area contributed by atoms with Gasteiger partial charge in [0.1, 0.15) is 0 Å². The molecule has 0 rings (SSSR count). The molecule has 116 valence electrons. The summed E-state index contributed by atoms with van der Waals surface area (Å²) in [6.45, 7) is 0.931. The highest BCUT2D eigenvalue weighted by molar-refractivity contribution is 9.29. The number of hydrogen-bond donors (Lipinski definition) is 0. The van der Waals surface area contributed by atoms with E-state index in [1.165, 1.54) is 7.96 Å². The van der Waals surface area contributed by atoms with E-state index in [9.17, 15) is 0 Å². The van der Waals surface area contributed by atoms with Crippen molar-refractivity contribution >= 4 is 153 Å². The molecule has 12 unspecified atom stereocenters. The van der Waals surface area contributed by atoms with Gasteiger partial charge in [0.05, 0.1) is 0 Å². The molecule has 0 fully saturated rings. The van der Waals surface area contributed by atoms with Crippen molar-refractivity contribution in [3.8, 4) is 0 Å². The molecule has 0 heterocycles. The SMILES string of the molecule is PP(P)P(PP(P(P)P)P(P(P)P)P(P)P)P(P)P. The van der Waals surface area contributed by atoms with Crippen molar-refractivity contribution in [2.45, 2.75) is 0 Å². The van der Waals surface area contributed by atoms with Gasteiger partial charge in [-0.05, 0) is 63.9 Å². The fraction of sp³-hybridized carbons (Fsp3) is 0. The van der Waals surface area contributed by atoms with Crippen molar-refractivity contribution < 1.29 is 0 Å². The van der Waals surface area contributed by atoms with E-state index in [2.05, 4.69) is 89.3 Å². The van der Waals surface area contributed by atoms with Crippen molar-refractivity contribution in [3.63, 3.8) is 0 Å². The molecular weight excluding hydrogens is 589 g/mol. The van der Waals surface area contributed by atoms with Gasteiger partial charge < -0.3 is 0 Å². The summed E-state index contributed by atoms with van der Waals surface area (Å²) in [5.74, 6) is 0. The summed E-state index contributed by atoms with van der Waals surface area (Å²) in [6.07, 6.45) is 0. The minimum atomic E-state index is 0.0638. The van der Waals surface area contributed by atoms with E-state index in [4.69, 9.17) is 0 Å². The van der Waals surface area contributed by atoms with Gasteiger partial charge >= 0.3 is 0 Å². The first-order valence-corrected chi connectivity index (χ1v) is 38.1. The molecule has 0 N–H and O–H groups in total. The highest BCUT2D eigenvalue weighted by Crippen LogP contribution is 3.23. The van der Waals surface area contributed by atoms with Crippen LogP contribution in [0.3, 0.4) is 0 Å². The molecule has 0 aliphatic rings. The van der Waals surface area contributed by atoms with Crippen LogP contribution in [0.15, 0.2) is 0 Å². The summed E-state index contributed by atoms with van der Waals surface area (Å²) < 4.78 is 0. The quantitative estimate of drug-likeness (QED) is 0.240. The Hall–Kier alpha value is 8.17. The Labute approximate surface area is 152 Å². The first kappa shape index (κ1) is 27.2. The van der Waals surface area contributed by atoms with Gasteiger partial charge in [0, 0.05) is 0 Å². The Morgan fingerprint density at radius 1 is 0.421 bits per heavy atom. The van der Waals surface area contributed by atoms with E-state index in [1.54, 1.807) is 0 Å². The van der Waals surface area contributed by atoms with Crippen LogP contribution >= 0.6 is 153 Å². The third-order valence-corrected chi connectivity index (χ3v) is 115. The van der Waals surface area contributed by atoms with E-state index >= 15 is 0 Å². The topological polar surface area (TPSA) is 0 Å². The average Bonchev–Trinajstić information content (AvgIpc) is 2.20. The second-order valence-electron chi connectivity index (χ2n) is 2.85. The maximum Gasteiger partial charge on any atom is -0.00569 e. The van der Waals surface area contributed by atoms with Crippen molar-refractivity contribution in [2.75, 3.05) is 0 Å². The lowest BCUT2D eigenvalue weighted by molar-refractivity contribution is 4.57. The van der Waals surface area contributed by atoms with Gasteiger partial charge in [0.25, 0.3) is 0 Å². The first-order valence-electron chi connectivity index (χ1n) is 4.23. The van der Waals surface area contributed by atoms with Crippen molar-refractivity contribution in [2.24, 2.45) is 0 Å². The van der Waals surface area contributed by atoms with Crippen molar-refractivity contribution in [1.82, 2.24) is 0 Å². The molecule has 19 heavy (non-hydrogen) atoms. The Morgan fingerprint density at radius 2 is 0.737 bits per heavy atom. The van der Waals surface area contributed by atoms with Crippen LogP contribution in [0.5, 0.6) is 0 Å². The summed E-state index contributed by atoms with van der Waals surface area (Å²) in [6, 6.07) is 0. The van der Waals surface area contributed by atoms with Gasteiger partial charge in [0.15, 0.2) is 0 Å². The van der Waals surface area contributed by atoms with Crippen LogP contribution in [0.2, 0.25) is 0 Å². The van der Waals surface area contributed by atoms with Crippen LogP contribution in [0.4, 0.5) is 0 Å². The van der Waals surface area contributed by atoms with Gasteiger partial charge in [0.2, 0.25) is 0 Å². The monoisotopic (exact) mass is 610 g/mol. The zero-order valence-electron chi connectivity index (χ0n) is 9.85. The maximum atomic E-state index is 3.15. The van der Waals surface area contributed by atoms with Gasteiger partial charge in [-0.3, -0.25) is 0 Å². The van der Waals surface area contributed by atoms with E-state index in [0.717, 1.165) is 0 Å². The molecular formula is H21P19. The standard InChI is InChI=1S/H21P19/c1-12(2)17(13(3)4)11-18(14(5)6)19(15(7)8)16(9)10/h11H,1-10H2. The van der Waals surface area contributed by atoms with Crippen molar-refractivity contribution in [1.29, 1.82) is 0 Å². The number of hydrogen-bond acceptors (Lipinski definition) is 0. The molecule has 0 bridgehead atoms. The average molecular weight is 610 g/mol. The van der Waals surface area contributed by atoms with Crippen LogP contribution in [-0.2, 0) is 0 Å². The van der Waals surface area contributed by atoms with E-state index in [0.29, 0.717) is 0 Å². The Bertz CT molecular complexity index is 206. The Balaban J connectivity index is 5.09.